The van der Waals surface area contributed by atoms with E-state index in [1.165, 1.54) is 0 Å². The van der Waals surface area contributed by atoms with Crippen molar-refractivity contribution in [2.75, 3.05) is 41.3 Å². The Morgan fingerprint density at radius 3 is 2.65 bits per heavy atom. The third-order valence-corrected chi connectivity index (χ3v) is 6.80. The number of nitrogens with one attached hydrogen (secondary N) is 1. The lowest BCUT2D eigenvalue weighted by atomic mass is 10.1. The van der Waals surface area contributed by atoms with Gasteiger partial charge in [-0.05, 0) is 65.7 Å². The van der Waals surface area contributed by atoms with Crippen molar-refractivity contribution in [1.29, 1.82) is 0 Å². The van der Waals surface area contributed by atoms with E-state index >= 15 is 0 Å². The number of hydrogen-bond donors (Lipinski definition) is 1. The highest BCUT2D eigenvalue weighted by Crippen LogP contribution is 2.35. The van der Waals surface area contributed by atoms with Gasteiger partial charge in [-0.3, -0.25) is 4.90 Å². The summed E-state index contributed by atoms with van der Waals surface area (Å²) in [4.78, 5) is 40.8. The molecule has 1 fully saturated rings. The standard InChI is InChI=1S/C27H35N7O3/c1-17-13-20(16-32-14-18(2)29-23(17)32)30-25(35)34-10-8-21-22(7-9-28-24(21)34)31-11-12-33(19(3)15-31)26(36)37-27(4,5)6/h7,9,13-14,16,19H,8,10-12,15H2,1-6H3,(H,30,35)/t19-/m0/s1. The van der Waals surface area contributed by atoms with Gasteiger partial charge in [0.05, 0.1) is 11.4 Å². The van der Waals surface area contributed by atoms with Gasteiger partial charge in [0, 0.05) is 62.1 Å². The highest BCUT2D eigenvalue weighted by Gasteiger charge is 2.34. The van der Waals surface area contributed by atoms with Gasteiger partial charge in [-0.25, -0.2) is 19.6 Å². The third-order valence-electron chi connectivity index (χ3n) is 6.80. The van der Waals surface area contributed by atoms with Gasteiger partial charge >= 0.3 is 12.1 Å². The van der Waals surface area contributed by atoms with Crippen LogP contribution in [0.2, 0.25) is 0 Å². The summed E-state index contributed by atoms with van der Waals surface area (Å²) in [6.45, 7) is 14.1. The molecular weight excluding hydrogens is 470 g/mol. The quantitative estimate of drug-likeness (QED) is 0.555. The Labute approximate surface area is 217 Å². The summed E-state index contributed by atoms with van der Waals surface area (Å²) in [7, 11) is 0. The van der Waals surface area contributed by atoms with Crippen LogP contribution >= 0.6 is 0 Å². The minimum Gasteiger partial charge on any atom is -0.444 e. The molecule has 3 aromatic heterocycles. The molecule has 0 aromatic carbocycles. The maximum Gasteiger partial charge on any atom is 0.410 e. The lowest BCUT2D eigenvalue weighted by Gasteiger charge is -2.41. The molecule has 10 heteroatoms. The van der Waals surface area contributed by atoms with Crippen molar-refractivity contribution in [1.82, 2.24) is 19.3 Å². The number of aromatic nitrogens is 3. The monoisotopic (exact) mass is 505 g/mol. The molecule has 5 heterocycles. The first kappa shape index (κ1) is 24.9. The zero-order chi connectivity index (χ0) is 26.5. The molecule has 1 atom stereocenters. The topological polar surface area (TPSA) is 95.3 Å². The van der Waals surface area contributed by atoms with Crippen molar-refractivity contribution >= 4 is 35.0 Å². The van der Waals surface area contributed by atoms with Crippen LogP contribution in [0.15, 0.2) is 30.7 Å². The number of hydrogen-bond acceptors (Lipinski definition) is 6. The average Bonchev–Trinajstić information content (AvgIpc) is 3.41. The molecule has 0 aliphatic carbocycles. The van der Waals surface area contributed by atoms with Gasteiger partial charge in [-0.15, -0.1) is 0 Å². The molecule has 0 saturated carbocycles. The number of anilines is 3. The van der Waals surface area contributed by atoms with Gasteiger partial charge in [0.2, 0.25) is 0 Å². The molecule has 10 nitrogen and oxygen atoms in total. The van der Waals surface area contributed by atoms with E-state index in [1.807, 2.05) is 70.5 Å². The summed E-state index contributed by atoms with van der Waals surface area (Å²) >= 11 is 0. The second-order valence-corrected chi connectivity index (χ2v) is 11.0. The molecule has 0 radical (unpaired) electrons. The minimum absolute atomic E-state index is 0.00168. The van der Waals surface area contributed by atoms with Gasteiger partial charge in [0.15, 0.2) is 0 Å². The van der Waals surface area contributed by atoms with E-state index in [9.17, 15) is 9.59 Å². The smallest absolute Gasteiger partial charge is 0.410 e. The molecule has 2 aliphatic rings. The van der Waals surface area contributed by atoms with E-state index in [-0.39, 0.29) is 18.2 Å². The van der Waals surface area contributed by atoms with Crippen molar-refractivity contribution in [3.8, 4) is 0 Å². The number of rotatable bonds is 2. The molecule has 1 N–H and O–H groups in total. The second-order valence-electron chi connectivity index (χ2n) is 11.0. The number of urea groups is 1. The molecule has 5 rings (SSSR count). The molecule has 196 valence electrons. The number of amides is 3. The number of nitrogens with zero attached hydrogens (tertiary/aromatic N) is 6. The molecular formula is C27H35N7O3. The number of carbonyl (C=O) groups is 2. The Bertz CT molecular complexity index is 1360. The van der Waals surface area contributed by atoms with Crippen molar-refractivity contribution < 1.29 is 14.3 Å². The van der Waals surface area contributed by atoms with Gasteiger partial charge in [0.1, 0.15) is 17.1 Å². The zero-order valence-corrected chi connectivity index (χ0v) is 22.4. The van der Waals surface area contributed by atoms with Gasteiger partial charge < -0.3 is 24.3 Å². The number of ether oxygens (including phenoxy) is 1. The van der Waals surface area contributed by atoms with Crippen molar-refractivity contribution in [3.05, 3.63) is 47.5 Å². The van der Waals surface area contributed by atoms with Gasteiger partial charge in [-0.2, -0.15) is 0 Å². The largest absolute Gasteiger partial charge is 0.444 e. The van der Waals surface area contributed by atoms with E-state index in [2.05, 4.69) is 20.2 Å². The number of carbonyl (C=O) groups excluding carboxylic acids is 2. The Balaban J connectivity index is 1.31. The number of piperazine rings is 1. The molecule has 37 heavy (non-hydrogen) atoms. The number of aryl methyl sites for hydroxylation is 2. The SMILES string of the molecule is Cc1cn2cc(NC(=O)N3CCc4c(N5CCN(C(=O)OC(C)(C)C)[C@@H](C)C5)ccnc43)cc(C)c2n1. The van der Waals surface area contributed by atoms with Crippen LogP contribution in [0.3, 0.4) is 0 Å². The predicted molar refractivity (Wildman–Crippen MR) is 144 cm³/mol. The molecule has 1 saturated heterocycles. The number of imidazole rings is 1. The van der Waals surface area contributed by atoms with Gasteiger partial charge in [-0.1, -0.05) is 0 Å². The van der Waals surface area contributed by atoms with Crippen molar-refractivity contribution in [2.24, 2.45) is 0 Å². The van der Waals surface area contributed by atoms with Crippen LogP contribution < -0.4 is 15.1 Å². The minimum atomic E-state index is -0.522. The van der Waals surface area contributed by atoms with E-state index in [0.717, 1.165) is 34.6 Å². The third kappa shape index (κ3) is 4.92. The van der Waals surface area contributed by atoms with Crippen molar-refractivity contribution in [2.45, 2.75) is 59.6 Å². The summed E-state index contributed by atoms with van der Waals surface area (Å²) < 4.78 is 7.52. The fourth-order valence-electron chi connectivity index (χ4n) is 5.19. The summed E-state index contributed by atoms with van der Waals surface area (Å²) in [5.74, 6) is 0.688. The lowest BCUT2D eigenvalue weighted by molar-refractivity contribution is 0.0159. The molecule has 0 spiro atoms. The average molecular weight is 506 g/mol. The maximum absolute atomic E-state index is 13.3. The van der Waals surface area contributed by atoms with E-state index in [4.69, 9.17) is 4.74 Å². The highest BCUT2D eigenvalue weighted by molar-refractivity contribution is 6.03. The molecule has 3 amide bonds. The van der Waals surface area contributed by atoms with E-state index in [0.29, 0.717) is 37.7 Å². The summed E-state index contributed by atoms with van der Waals surface area (Å²) in [5, 5.41) is 3.04. The second kappa shape index (κ2) is 9.24. The normalized spacial score (nSPS) is 17.8. The molecule has 0 unspecified atom stereocenters. The van der Waals surface area contributed by atoms with E-state index < -0.39 is 5.60 Å². The molecule has 0 bridgehead atoms. The Morgan fingerprint density at radius 1 is 1.14 bits per heavy atom. The first-order valence-corrected chi connectivity index (χ1v) is 12.8. The van der Waals surface area contributed by atoms with Crippen LogP contribution in [0.1, 0.15) is 44.5 Å². The van der Waals surface area contributed by atoms with Crippen LogP contribution in [0.25, 0.3) is 5.65 Å². The van der Waals surface area contributed by atoms with Crippen molar-refractivity contribution in [3.63, 3.8) is 0 Å². The first-order valence-electron chi connectivity index (χ1n) is 12.8. The highest BCUT2D eigenvalue weighted by atomic mass is 16.6. The Kier molecular flexibility index (Phi) is 6.21. The first-order chi connectivity index (χ1) is 17.5. The lowest BCUT2D eigenvalue weighted by Crippen LogP contribution is -2.55. The fraction of sp³-hybridized carbons (Fsp3) is 0.481. The van der Waals surface area contributed by atoms with Crippen LogP contribution in [0, 0.1) is 13.8 Å². The van der Waals surface area contributed by atoms with Crippen LogP contribution in [0.4, 0.5) is 26.8 Å². The van der Waals surface area contributed by atoms with Crippen LogP contribution in [-0.4, -0.2) is 69.2 Å². The predicted octanol–water partition coefficient (Wildman–Crippen LogP) is 4.39. The fourth-order valence-corrected chi connectivity index (χ4v) is 5.19. The summed E-state index contributed by atoms with van der Waals surface area (Å²) in [6, 6.07) is 3.74. The number of pyridine rings is 2. The maximum atomic E-state index is 13.3. The summed E-state index contributed by atoms with van der Waals surface area (Å²) in [5.41, 5.74) is 5.13. The molecule has 3 aromatic rings. The van der Waals surface area contributed by atoms with Gasteiger partial charge in [0.25, 0.3) is 0 Å². The molecule has 2 aliphatic heterocycles. The van der Waals surface area contributed by atoms with Crippen LogP contribution in [0.5, 0.6) is 0 Å². The number of fused-ring (bicyclic) bond motifs is 2. The van der Waals surface area contributed by atoms with Crippen LogP contribution in [-0.2, 0) is 11.2 Å². The van der Waals surface area contributed by atoms with E-state index in [1.54, 1.807) is 16.0 Å². The zero-order valence-electron chi connectivity index (χ0n) is 22.4. The Morgan fingerprint density at radius 2 is 1.92 bits per heavy atom. The summed E-state index contributed by atoms with van der Waals surface area (Å²) in [6.07, 6.45) is 6.04. The Hall–Kier alpha value is -3.82.